The van der Waals surface area contributed by atoms with Crippen LogP contribution in [0.4, 0.5) is 0 Å². The van der Waals surface area contributed by atoms with Crippen LogP contribution in [0.2, 0.25) is 0 Å². The molecule has 2 N–H and O–H groups in total. The molecule has 0 aromatic heterocycles. The highest BCUT2D eigenvalue weighted by molar-refractivity contribution is 5.29. The summed E-state index contributed by atoms with van der Waals surface area (Å²) in [6.45, 7) is 2.17. The molecule has 3 aliphatic carbocycles. The van der Waals surface area contributed by atoms with Gasteiger partial charge in [-0.1, -0.05) is 13.3 Å². The first-order valence-electron chi connectivity index (χ1n) is 5.49. The van der Waals surface area contributed by atoms with E-state index in [-0.39, 0.29) is 5.41 Å². The molecule has 0 heterocycles. The van der Waals surface area contributed by atoms with Crippen LogP contribution in [0.5, 0.6) is 0 Å². The third-order valence-corrected chi connectivity index (χ3v) is 5.29. The van der Waals surface area contributed by atoms with Crippen molar-refractivity contribution >= 4 is 0 Å². The summed E-state index contributed by atoms with van der Waals surface area (Å²) in [4.78, 5) is 0. The Morgan fingerprint density at radius 1 is 1.08 bits per heavy atom. The van der Waals surface area contributed by atoms with Crippen LogP contribution in [0.3, 0.4) is 0 Å². The van der Waals surface area contributed by atoms with Gasteiger partial charge in [0.25, 0.3) is 0 Å². The average molecular weight is 182 g/mol. The van der Waals surface area contributed by atoms with Gasteiger partial charge >= 0.3 is 0 Å². The van der Waals surface area contributed by atoms with Crippen LogP contribution < -0.4 is 0 Å². The molecule has 0 amide bonds. The minimum Gasteiger partial charge on any atom is -0.387 e. The monoisotopic (exact) mass is 182 g/mol. The standard InChI is InChI=1S/C11H18O2/c1-9-5-3-6-10(12)8(9)4-2-7-11(9,10)13/h8,12-13H,2-7H2,1H3/t8-,9-,10-,11-/m0/s1. The SMILES string of the molecule is C[C@]12CCC[C@]3(O)[C@H]1CCC[C@]23O. The molecule has 3 saturated carbocycles. The number of hydrogen-bond acceptors (Lipinski definition) is 2. The fraction of sp³-hybridized carbons (Fsp3) is 1.00. The quantitative estimate of drug-likeness (QED) is 0.595. The predicted octanol–water partition coefficient (Wildman–Crippen LogP) is 1.45. The summed E-state index contributed by atoms with van der Waals surface area (Å²) in [5, 5.41) is 20.9. The van der Waals surface area contributed by atoms with Crippen molar-refractivity contribution in [1.82, 2.24) is 0 Å². The molecule has 3 rings (SSSR count). The van der Waals surface area contributed by atoms with Crippen LogP contribution in [0, 0.1) is 11.3 Å². The minimum atomic E-state index is -0.735. The average Bonchev–Trinajstić information content (AvgIpc) is 2.08. The van der Waals surface area contributed by atoms with Crippen molar-refractivity contribution in [3.63, 3.8) is 0 Å². The molecule has 0 aromatic rings. The van der Waals surface area contributed by atoms with Gasteiger partial charge in [-0.05, 0) is 38.0 Å². The Kier molecular flexibility index (Phi) is 1.24. The molecule has 0 aromatic carbocycles. The van der Waals surface area contributed by atoms with Crippen molar-refractivity contribution in [2.75, 3.05) is 0 Å². The molecule has 13 heavy (non-hydrogen) atoms. The van der Waals surface area contributed by atoms with Crippen molar-refractivity contribution in [2.24, 2.45) is 11.3 Å². The van der Waals surface area contributed by atoms with Crippen LogP contribution in [-0.2, 0) is 0 Å². The van der Waals surface area contributed by atoms with Crippen molar-refractivity contribution in [2.45, 2.75) is 56.7 Å². The fourth-order valence-corrected chi connectivity index (χ4v) is 4.63. The summed E-state index contributed by atoms with van der Waals surface area (Å²) in [6, 6.07) is 0. The van der Waals surface area contributed by atoms with E-state index in [4.69, 9.17) is 0 Å². The largest absolute Gasteiger partial charge is 0.387 e. The lowest BCUT2D eigenvalue weighted by atomic mass is 9.32. The Bertz CT molecular complexity index is 245. The summed E-state index contributed by atoms with van der Waals surface area (Å²) >= 11 is 0. The molecule has 3 aliphatic rings. The summed E-state index contributed by atoms with van der Waals surface area (Å²) in [5.74, 6) is 0.382. The number of fused-ring (bicyclic) bond motifs is 1. The zero-order chi connectivity index (χ0) is 9.32. The molecule has 4 atom stereocenters. The topological polar surface area (TPSA) is 40.5 Å². The third-order valence-electron chi connectivity index (χ3n) is 5.29. The van der Waals surface area contributed by atoms with Crippen molar-refractivity contribution in [3.05, 3.63) is 0 Å². The second-order valence-electron chi connectivity index (χ2n) is 5.50. The first kappa shape index (κ1) is 8.25. The van der Waals surface area contributed by atoms with Crippen LogP contribution in [0.15, 0.2) is 0 Å². The molecular weight excluding hydrogens is 164 g/mol. The normalized spacial score (nSPS) is 64.4. The van der Waals surface area contributed by atoms with Crippen LogP contribution in [0.1, 0.15) is 45.4 Å². The van der Waals surface area contributed by atoms with Gasteiger partial charge in [-0.15, -0.1) is 0 Å². The Morgan fingerprint density at radius 3 is 2.38 bits per heavy atom. The molecule has 0 aliphatic heterocycles. The van der Waals surface area contributed by atoms with Crippen molar-refractivity contribution in [1.29, 1.82) is 0 Å². The number of hydrogen-bond donors (Lipinski definition) is 2. The van der Waals surface area contributed by atoms with E-state index in [1.54, 1.807) is 0 Å². The van der Waals surface area contributed by atoms with Gasteiger partial charge < -0.3 is 10.2 Å². The smallest absolute Gasteiger partial charge is 0.0993 e. The lowest BCUT2D eigenvalue weighted by Crippen LogP contribution is -2.84. The highest BCUT2D eigenvalue weighted by Crippen LogP contribution is 2.73. The Labute approximate surface area is 79.0 Å². The molecule has 2 heteroatoms. The Balaban J connectivity index is 2.09. The van der Waals surface area contributed by atoms with E-state index in [0.29, 0.717) is 5.92 Å². The highest BCUT2D eigenvalue weighted by Gasteiger charge is 2.79. The molecule has 0 saturated heterocycles. The van der Waals surface area contributed by atoms with Gasteiger partial charge in [-0.25, -0.2) is 0 Å². The number of aliphatic hydroxyl groups is 2. The maximum Gasteiger partial charge on any atom is 0.0993 e. The van der Waals surface area contributed by atoms with Gasteiger partial charge in [0.2, 0.25) is 0 Å². The molecule has 0 radical (unpaired) electrons. The molecule has 0 spiro atoms. The third kappa shape index (κ3) is 0.581. The first-order valence-corrected chi connectivity index (χ1v) is 5.49. The lowest BCUT2D eigenvalue weighted by molar-refractivity contribution is -0.388. The van der Waals surface area contributed by atoms with Crippen LogP contribution >= 0.6 is 0 Å². The molecule has 74 valence electrons. The minimum absolute atomic E-state index is 0.0399. The van der Waals surface area contributed by atoms with E-state index in [1.807, 2.05) is 0 Å². The second kappa shape index (κ2) is 1.96. The fourth-order valence-electron chi connectivity index (χ4n) is 4.63. The van der Waals surface area contributed by atoms with Gasteiger partial charge in [0, 0.05) is 5.41 Å². The Morgan fingerprint density at radius 2 is 1.85 bits per heavy atom. The molecule has 4 bridgehead atoms. The molecule has 3 fully saturated rings. The lowest BCUT2D eigenvalue weighted by Gasteiger charge is -2.76. The molecular formula is C11H18O2. The maximum absolute atomic E-state index is 10.5. The summed E-state index contributed by atoms with van der Waals surface area (Å²) < 4.78 is 0. The molecule has 0 unspecified atom stereocenters. The van der Waals surface area contributed by atoms with Crippen LogP contribution in [-0.4, -0.2) is 21.4 Å². The van der Waals surface area contributed by atoms with E-state index < -0.39 is 11.2 Å². The number of rotatable bonds is 0. The maximum atomic E-state index is 10.5. The van der Waals surface area contributed by atoms with E-state index >= 15 is 0 Å². The van der Waals surface area contributed by atoms with Crippen molar-refractivity contribution < 1.29 is 10.2 Å². The second-order valence-corrected chi connectivity index (χ2v) is 5.50. The van der Waals surface area contributed by atoms with Gasteiger partial charge in [0.15, 0.2) is 0 Å². The van der Waals surface area contributed by atoms with Gasteiger partial charge in [-0.3, -0.25) is 0 Å². The first-order chi connectivity index (χ1) is 6.05. The van der Waals surface area contributed by atoms with Crippen LogP contribution in [0.25, 0.3) is 0 Å². The summed E-state index contributed by atoms with van der Waals surface area (Å²) in [6.07, 6.45) is 6.05. The summed E-state index contributed by atoms with van der Waals surface area (Å²) in [7, 11) is 0. The van der Waals surface area contributed by atoms with E-state index in [0.717, 1.165) is 38.5 Å². The molecule has 2 nitrogen and oxygen atoms in total. The van der Waals surface area contributed by atoms with Gasteiger partial charge in [0.05, 0.1) is 11.2 Å². The van der Waals surface area contributed by atoms with Gasteiger partial charge in [0.1, 0.15) is 0 Å². The predicted molar refractivity (Wildman–Crippen MR) is 49.2 cm³/mol. The summed E-state index contributed by atoms with van der Waals surface area (Å²) in [5.41, 5.74) is -1.41. The Hall–Kier alpha value is -0.0800. The zero-order valence-electron chi connectivity index (χ0n) is 8.21. The van der Waals surface area contributed by atoms with E-state index in [1.165, 1.54) is 0 Å². The highest BCUT2D eigenvalue weighted by atomic mass is 16.4. The van der Waals surface area contributed by atoms with Gasteiger partial charge in [-0.2, -0.15) is 0 Å². The van der Waals surface area contributed by atoms with Crippen molar-refractivity contribution in [3.8, 4) is 0 Å². The van der Waals surface area contributed by atoms with E-state index in [2.05, 4.69) is 6.92 Å². The zero-order valence-corrected chi connectivity index (χ0v) is 8.21. The van der Waals surface area contributed by atoms with E-state index in [9.17, 15) is 10.2 Å².